The number of rotatable bonds is 5. The summed E-state index contributed by atoms with van der Waals surface area (Å²) in [4.78, 5) is 22.6. The molecule has 1 fully saturated rings. The summed E-state index contributed by atoms with van der Waals surface area (Å²) < 4.78 is 0. The lowest BCUT2D eigenvalue weighted by molar-refractivity contribution is -0.287. The van der Waals surface area contributed by atoms with Gasteiger partial charge in [-0.15, -0.1) is 0 Å². The summed E-state index contributed by atoms with van der Waals surface area (Å²) in [6.45, 7) is 8.86. The SMILES string of the molecule is CCCc1ccc(C(=O)OOC2CC(C)CC(C)(C)C2)cc1. The first-order chi connectivity index (χ1) is 10.4. The molecule has 1 aromatic carbocycles. The van der Waals surface area contributed by atoms with Gasteiger partial charge in [0, 0.05) is 0 Å². The molecule has 3 nitrogen and oxygen atoms in total. The van der Waals surface area contributed by atoms with Gasteiger partial charge in [-0.2, -0.15) is 4.89 Å². The van der Waals surface area contributed by atoms with E-state index in [1.807, 2.05) is 24.3 Å². The minimum absolute atomic E-state index is 0.00191. The zero-order chi connectivity index (χ0) is 16.2. The van der Waals surface area contributed by atoms with Crippen molar-refractivity contribution in [1.29, 1.82) is 0 Å². The Morgan fingerprint density at radius 3 is 2.50 bits per heavy atom. The van der Waals surface area contributed by atoms with Crippen LogP contribution in [0.2, 0.25) is 0 Å². The van der Waals surface area contributed by atoms with Gasteiger partial charge in [0.1, 0.15) is 6.10 Å². The summed E-state index contributed by atoms with van der Waals surface area (Å²) in [6.07, 6.45) is 5.21. The van der Waals surface area contributed by atoms with E-state index in [2.05, 4.69) is 27.7 Å². The average molecular weight is 304 g/mol. The molecule has 0 saturated heterocycles. The maximum Gasteiger partial charge on any atom is 0.373 e. The summed E-state index contributed by atoms with van der Waals surface area (Å²) in [5, 5.41) is 0. The van der Waals surface area contributed by atoms with Gasteiger partial charge in [-0.1, -0.05) is 46.2 Å². The van der Waals surface area contributed by atoms with Crippen LogP contribution in [0, 0.1) is 11.3 Å². The molecule has 1 aromatic rings. The number of hydrogen-bond donors (Lipinski definition) is 0. The summed E-state index contributed by atoms with van der Waals surface area (Å²) in [5.41, 5.74) is 2.03. The molecular weight excluding hydrogens is 276 g/mol. The molecule has 122 valence electrons. The van der Waals surface area contributed by atoms with Gasteiger partial charge < -0.3 is 0 Å². The van der Waals surface area contributed by atoms with Crippen molar-refractivity contribution in [3.63, 3.8) is 0 Å². The Balaban J connectivity index is 1.87. The maximum atomic E-state index is 12.1. The van der Waals surface area contributed by atoms with E-state index < -0.39 is 5.97 Å². The van der Waals surface area contributed by atoms with E-state index in [1.165, 1.54) is 12.0 Å². The highest BCUT2D eigenvalue weighted by Gasteiger charge is 2.33. The van der Waals surface area contributed by atoms with E-state index in [0.29, 0.717) is 11.5 Å². The predicted molar refractivity (Wildman–Crippen MR) is 87.5 cm³/mol. The third-order valence-electron chi connectivity index (χ3n) is 4.33. The van der Waals surface area contributed by atoms with Crippen LogP contribution in [0.1, 0.15) is 69.3 Å². The summed E-state index contributed by atoms with van der Waals surface area (Å²) in [7, 11) is 0. The lowest BCUT2D eigenvalue weighted by Gasteiger charge is -2.37. The second-order valence-electron chi connectivity index (χ2n) is 7.45. The predicted octanol–water partition coefficient (Wildman–Crippen LogP) is 4.94. The van der Waals surface area contributed by atoms with Crippen molar-refractivity contribution in [3.8, 4) is 0 Å². The molecule has 2 rings (SSSR count). The van der Waals surface area contributed by atoms with E-state index in [1.54, 1.807) is 0 Å². The van der Waals surface area contributed by atoms with E-state index in [-0.39, 0.29) is 11.5 Å². The van der Waals surface area contributed by atoms with Gasteiger partial charge in [0.25, 0.3) is 0 Å². The zero-order valence-corrected chi connectivity index (χ0v) is 14.2. The minimum atomic E-state index is -0.404. The molecule has 0 spiro atoms. The van der Waals surface area contributed by atoms with Gasteiger partial charge in [-0.05, 0) is 54.7 Å². The van der Waals surface area contributed by atoms with Crippen molar-refractivity contribution in [1.82, 2.24) is 0 Å². The molecule has 0 aliphatic heterocycles. The Morgan fingerprint density at radius 1 is 1.23 bits per heavy atom. The molecule has 3 heteroatoms. The fourth-order valence-electron chi connectivity index (χ4n) is 3.59. The van der Waals surface area contributed by atoms with E-state index in [9.17, 15) is 4.79 Å². The van der Waals surface area contributed by atoms with Crippen LogP contribution in [0.25, 0.3) is 0 Å². The van der Waals surface area contributed by atoms with Crippen LogP contribution in [0.3, 0.4) is 0 Å². The van der Waals surface area contributed by atoms with Crippen molar-refractivity contribution in [2.45, 2.75) is 65.9 Å². The molecule has 0 radical (unpaired) electrons. The van der Waals surface area contributed by atoms with Crippen molar-refractivity contribution >= 4 is 5.97 Å². The number of carbonyl (C=O) groups is 1. The van der Waals surface area contributed by atoms with E-state index >= 15 is 0 Å². The highest BCUT2D eigenvalue weighted by molar-refractivity contribution is 5.88. The van der Waals surface area contributed by atoms with Gasteiger partial charge in [0.15, 0.2) is 0 Å². The zero-order valence-electron chi connectivity index (χ0n) is 14.2. The molecule has 0 heterocycles. The molecule has 2 atom stereocenters. The van der Waals surface area contributed by atoms with E-state index in [4.69, 9.17) is 9.78 Å². The molecule has 1 saturated carbocycles. The topological polar surface area (TPSA) is 35.5 Å². The van der Waals surface area contributed by atoms with Gasteiger partial charge in [-0.25, -0.2) is 4.79 Å². The number of carbonyl (C=O) groups excluding carboxylic acids is 1. The molecule has 0 bridgehead atoms. The number of benzene rings is 1. The highest BCUT2D eigenvalue weighted by atomic mass is 17.2. The largest absolute Gasteiger partial charge is 0.373 e. The van der Waals surface area contributed by atoms with Crippen LogP contribution in [0.5, 0.6) is 0 Å². The second-order valence-corrected chi connectivity index (χ2v) is 7.45. The van der Waals surface area contributed by atoms with Crippen molar-refractivity contribution < 1.29 is 14.6 Å². The number of hydrogen-bond acceptors (Lipinski definition) is 3. The lowest BCUT2D eigenvalue weighted by atomic mass is 9.71. The molecule has 2 unspecified atom stereocenters. The van der Waals surface area contributed by atoms with Crippen LogP contribution >= 0.6 is 0 Å². The van der Waals surface area contributed by atoms with Crippen molar-refractivity contribution in [2.75, 3.05) is 0 Å². The highest BCUT2D eigenvalue weighted by Crippen LogP contribution is 2.39. The fraction of sp³-hybridized carbons (Fsp3) is 0.632. The van der Waals surface area contributed by atoms with E-state index in [0.717, 1.165) is 25.7 Å². The Bertz CT molecular complexity index is 490. The summed E-state index contributed by atoms with van der Waals surface area (Å²) in [5.74, 6) is 0.194. The minimum Gasteiger partial charge on any atom is -0.293 e. The summed E-state index contributed by atoms with van der Waals surface area (Å²) in [6, 6.07) is 7.58. The Hall–Kier alpha value is -1.35. The fourth-order valence-corrected chi connectivity index (χ4v) is 3.59. The van der Waals surface area contributed by atoms with Crippen LogP contribution in [-0.4, -0.2) is 12.1 Å². The quantitative estimate of drug-likeness (QED) is 0.571. The van der Waals surface area contributed by atoms with Crippen LogP contribution in [0.15, 0.2) is 24.3 Å². The molecule has 0 amide bonds. The third-order valence-corrected chi connectivity index (χ3v) is 4.33. The Labute approximate surface area is 133 Å². The average Bonchev–Trinajstić information content (AvgIpc) is 2.44. The van der Waals surface area contributed by atoms with Gasteiger partial charge in [0.05, 0.1) is 5.56 Å². The standard InChI is InChI=1S/C19H28O3/c1-5-6-15-7-9-16(10-8-15)18(20)22-21-17-11-14(2)12-19(3,4)13-17/h7-10,14,17H,5-6,11-13H2,1-4H3. The first kappa shape index (κ1) is 17.0. The maximum absolute atomic E-state index is 12.1. The number of aryl methyl sites for hydroxylation is 1. The molecule has 22 heavy (non-hydrogen) atoms. The summed E-state index contributed by atoms with van der Waals surface area (Å²) >= 11 is 0. The van der Waals surface area contributed by atoms with Gasteiger partial charge >= 0.3 is 5.97 Å². The molecule has 0 N–H and O–H groups in total. The van der Waals surface area contributed by atoms with Crippen molar-refractivity contribution in [3.05, 3.63) is 35.4 Å². The first-order valence-corrected chi connectivity index (χ1v) is 8.36. The van der Waals surface area contributed by atoms with Crippen LogP contribution in [-0.2, 0) is 16.2 Å². The second kappa shape index (κ2) is 7.28. The molecule has 0 aromatic heterocycles. The van der Waals surface area contributed by atoms with Crippen molar-refractivity contribution in [2.24, 2.45) is 11.3 Å². The van der Waals surface area contributed by atoms with Gasteiger partial charge in [-0.3, -0.25) is 4.89 Å². The Morgan fingerprint density at radius 2 is 1.91 bits per heavy atom. The smallest absolute Gasteiger partial charge is 0.293 e. The van der Waals surface area contributed by atoms with Crippen LogP contribution < -0.4 is 0 Å². The van der Waals surface area contributed by atoms with Crippen LogP contribution in [0.4, 0.5) is 0 Å². The normalized spacial score (nSPS) is 24.0. The van der Waals surface area contributed by atoms with Gasteiger partial charge in [0.2, 0.25) is 0 Å². The monoisotopic (exact) mass is 304 g/mol. The molecule has 1 aliphatic rings. The lowest BCUT2D eigenvalue weighted by Crippen LogP contribution is -2.33. The Kier molecular flexibility index (Phi) is 5.63. The third kappa shape index (κ3) is 4.84. The molecule has 1 aliphatic carbocycles. The molecular formula is C19H28O3. The first-order valence-electron chi connectivity index (χ1n) is 8.36.